The van der Waals surface area contributed by atoms with Crippen LogP contribution in [0.2, 0.25) is 0 Å². The molecule has 2 rings (SSSR count). The lowest BCUT2D eigenvalue weighted by Gasteiger charge is -2.34. The number of esters is 2. The molecule has 138 valence electrons. The zero-order valence-corrected chi connectivity index (χ0v) is 17.3. The Morgan fingerprint density at radius 2 is 1.96 bits per heavy atom. The van der Waals surface area contributed by atoms with E-state index in [0.29, 0.717) is 15.8 Å². The number of quaternary nitrogens is 1. The van der Waals surface area contributed by atoms with Crippen LogP contribution in [0, 0.1) is 17.2 Å². The summed E-state index contributed by atoms with van der Waals surface area (Å²) in [5.41, 5.74) is 2.64. The molecule has 9 heteroatoms. The molecule has 0 amide bonds. The summed E-state index contributed by atoms with van der Waals surface area (Å²) in [6, 6.07) is 5.34. The maximum absolute atomic E-state index is 12.5. The van der Waals surface area contributed by atoms with Gasteiger partial charge in [0.2, 0.25) is 5.92 Å². The number of benzene rings is 1. The van der Waals surface area contributed by atoms with Crippen molar-refractivity contribution in [2.45, 2.75) is 19.6 Å². The Morgan fingerprint density at radius 3 is 2.54 bits per heavy atom. The average Bonchev–Trinajstić information content (AvgIpc) is 2.56. The van der Waals surface area contributed by atoms with Crippen molar-refractivity contribution in [3.63, 3.8) is 0 Å². The van der Waals surface area contributed by atoms with Gasteiger partial charge in [0.25, 0.3) is 5.72 Å². The second-order valence-corrected chi connectivity index (χ2v) is 7.16. The normalized spacial score (nSPS) is 19.3. The van der Waals surface area contributed by atoms with E-state index >= 15 is 0 Å². The number of carbonyl (C=O) groups excluding carboxylic acids is 2. The summed E-state index contributed by atoms with van der Waals surface area (Å²) in [6.07, 6.45) is 1.52. The number of ether oxygens (including phenoxy) is 3. The maximum atomic E-state index is 12.5. The lowest BCUT2D eigenvalue weighted by atomic mass is 9.86. The Balaban J connectivity index is 2.65. The monoisotopic (exact) mass is 487 g/mol. The molecule has 0 radical (unpaired) electrons. The molecule has 0 unspecified atom stereocenters. The zero-order chi connectivity index (χ0) is 19.5. The van der Waals surface area contributed by atoms with Crippen LogP contribution in [0.5, 0.6) is 5.75 Å². The molecular weight excluding hydrogens is 472 g/mol. The van der Waals surface area contributed by atoms with E-state index in [1.54, 1.807) is 26.0 Å². The minimum Gasteiger partial charge on any atom is -0.465 e. The fraction of sp³-hybridized carbons (Fsp3) is 0.353. The highest BCUT2D eigenvalue weighted by molar-refractivity contribution is 9.11. The first-order valence-corrected chi connectivity index (χ1v) is 9.36. The summed E-state index contributed by atoms with van der Waals surface area (Å²) in [5.74, 6) is -2.63. The van der Waals surface area contributed by atoms with Crippen molar-refractivity contribution in [1.82, 2.24) is 0 Å². The molecule has 0 spiro atoms. The Bertz CT molecular complexity index is 818. The molecule has 0 aromatic heterocycles. The lowest BCUT2D eigenvalue weighted by Crippen LogP contribution is -2.82. The van der Waals surface area contributed by atoms with Crippen LogP contribution in [0.15, 0.2) is 26.7 Å². The predicted octanol–water partition coefficient (Wildman–Crippen LogP) is 2.19. The van der Waals surface area contributed by atoms with Gasteiger partial charge in [-0.2, -0.15) is 5.26 Å². The molecule has 1 aliphatic heterocycles. The standard InChI is InChI=1S/C17H16Br2N2O5/c1-3-24-15(22)11-6-9-5-10(18)7-13(19)14(9)26-17(11,21)12(8-20)16(23)25-4-2/h5-7,12H,3-4,21H2,1-2H3/p+1/t12-,17-/m0/s1. The van der Waals surface area contributed by atoms with Crippen LogP contribution >= 0.6 is 31.9 Å². The van der Waals surface area contributed by atoms with E-state index in [1.807, 2.05) is 6.07 Å². The van der Waals surface area contributed by atoms with Crippen molar-refractivity contribution in [3.8, 4) is 11.8 Å². The molecule has 1 aliphatic rings. The molecule has 0 saturated heterocycles. The van der Waals surface area contributed by atoms with Gasteiger partial charge >= 0.3 is 11.9 Å². The van der Waals surface area contributed by atoms with Crippen molar-refractivity contribution < 1.29 is 29.5 Å². The van der Waals surface area contributed by atoms with Gasteiger partial charge in [-0.25, -0.2) is 4.79 Å². The van der Waals surface area contributed by atoms with Gasteiger partial charge in [0.1, 0.15) is 11.3 Å². The number of halogens is 2. The van der Waals surface area contributed by atoms with Crippen molar-refractivity contribution in [2.75, 3.05) is 13.2 Å². The first kappa shape index (κ1) is 20.4. The highest BCUT2D eigenvalue weighted by atomic mass is 79.9. The molecule has 26 heavy (non-hydrogen) atoms. The van der Waals surface area contributed by atoms with Crippen LogP contribution in [0.25, 0.3) is 6.08 Å². The minimum atomic E-state index is -1.81. The number of fused-ring (bicyclic) bond motifs is 1. The van der Waals surface area contributed by atoms with Crippen LogP contribution < -0.4 is 10.5 Å². The van der Waals surface area contributed by atoms with Gasteiger partial charge in [-0.3, -0.25) is 4.79 Å². The van der Waals surface area contributed by atoms with E-state index in [9.17, 15) is 14.9 Å². The summed E-state index contributed by atoms with van der Waals surface area (Å²) in [4.78, 5) is 24.8. The molecular formula is C17H17Br2N2O5+. The average molecular weight is 489 g/mol. The number of rotatable bonds is 5. The fourth-order valence-electron chi connectivity index (χ4n) is 2.54. The van der Waals surface area contributed by atoms with E-state index in [1.165, 1.54) is 6.08 Å². The first-order valence-electron chi connectivity index (χ1n) is 7.77. The Morgan fingerprint density at radius 1 is 1.31 bits per heavy atom. The van der Waals surface area contributed by atoms with Gasteiger partial charge in [-0.05, 0) is 48.0 Å². The van der Waals surface area contributed by atoms with Gasteiger partial charge in [-0.15, -0.1) is 0 Å². The third-order valence-electron chi connectivity index (χ3n) is 3.69. The van der Waals surface area contributed by atoms with Crippen LogP contribution in [-0.4, -0.2) is 30.9 Å². The number of carbonyl (C=O) groups is 2. The maximum Gasteiger partial charge on any atom is 0.344 e. The van der Waals surface area contributed by atoms with Crippen LogP contribution in [0.4, 0.5) is 0 Å². The molecule has 1 aromatic carbocycles. The minimum absolute atomic E-state index is 0.0311. The Hall–Kier alpha value is -1.89. The molecule has 0 aliphatic carbocycles. The summed E-state index contributed by atoms with van der Waals surface area (Å²) >= 11 is 6.75. The van der Waals surface area contributed by atoms with E-state index in [-0.39, 0.29) is 18.8 Å². The molecule has 1 aromatic rings. The topological polar surface area (TPSA) is 113 Å². The molecule has 2 atom stereocenters. The third kappa shape index (κ3) is 3.77. The summed E-state index contributed by atoms with van der Waals surface area (Å²) in [6.45, 7) is 3.48. The molecule has 1 heterocycles. The highest BCUT2D eigenvalue weighted by Gasteiger charge is 2.56. The fourth-order valence-corrected chi connectivity index (χ4v) is 3.88. The van der Waals surface area contributed by atoms with Gasteiger partial charge in [0.05, 0.1) is 23.8 Å². The number of hydrogen-bond donors (Lipinski definition) is 1. The molecule has 0 bridgehead atoms. The quantitative estimate of drug-likeness (QED) is 0.635. The van der Waals surface area contributed by atoms with E-state index in [2.05, 4.69) is 37.6 Å². The number of hydrogen-bond acceptors (Lipinski definition) is 6. The second-order valence-electron chi connectivity index (χ2n) is 5.39. The Labute approximate surface area is 167 Å². The lowest BCUT2D eigenvalue weighted by molar-refractivity contribution is -0.527. The third-order valence-corrected chi connectivity index (χ3v) is 4.74. The summed E-state index contributed by atoms with van der Waals surface area (Å²) in [7, 11) is 0. The van der Waals surface area contributed by atoms with Crippen LogP contribution in [0.3, 0.4) is 0 Å². The van der Waals surface area contributed by atoms with Crippen LogP contribution in [0.1, 0.15) is 19.4 Å². The molecule has 3 N–H and O–H groups in total. The number of nitrogens with zero attached hydrogens (tertiary/aromatic N) is 1. The van der Waals surface area contributed by atoms with Crippen LogP contribution in [-0.2, 0) is 19.1 Å². The van der Waals surface area contributed by atoms with Crippen molar-refractivity contribution >= 4 is 49.9 Å². The van der Waals surface area contributed by atoms with E-state index in [4.69, 9.17) is 14.2 Å². The largest absolute Gasteiger partial charge is 0.465 e. The van der Waals surface area contributed by atoms with Crippen molar-refractivity contribution in [2.24, 2.45) is 5.92 Å². The van der Waals surface area contributed by atoms with E-state index < -0.39 is 23.6 Å². The molecule has 0 saturated carbocycles. The summed E-state index contributed by atoms with van der Waals surface area (Å²) < 4.78 is 17.3. The van der Waals surface area contributed by atoms with Gasteiger partial charge < -0.3 is 19.9 Å². The van der Waals surface area contributed by atoms with Gasteiger partial charge in [0, 0.05) is 10.0 Å². The highest BCUT2D eigenvalue weighted by Crippen LogP contribution is 2.42. The molecule has 0 fully saturated rings. The van der Waals surface area contributed by atoms with Crippen molar-refractivity contribution in [1.29, 1.82) is 5.26 Å². The number of nitriles is 1. The SMILES string of the molecule is CCOC(=O)C1=Cc2cc(Br)cc(Br)c2O[C@]1([NH3+])[C@@H](C#N)C(=O)OCC. The Kier molecular flexibility index (Phi) is 6.44. The molecule has 7 nitrogen and oxygen atoms in total. The van der Waals surface area contributed by atoms with E-state index in [0.717, 1.165) is 4.47 Å². The second kappa shape index (κ2) is 8.20. The first-order chi connectivity index (χ1) is 12.3. The summed E-state index contributed by atoms with van der Waals surface area (Å²) in [5, 5.41) is 9.56. The zero-order valence-electron chi connectivity index (χ0n) is 14.2. The van der Waals surface area contributed by atoms with Gasteiger partial charge in [-0.1, -0.05) is 15.9 Å². The smallest absolute Gasteiger partial charge is 0.344 e. The predicted molar refractivity (Wildman–Crippen MR) is 98.4 cm³/mol. The van der Waals surface area contributed by atoms with Crippen molar-refractivity contribution in [3.05, 3.63) is 32.2 Å². The van der Waals surface area contributed by atoms with Gasteiger partial charge in [0.15, 0.2) is 0 Å².